The molecule has 3 aliphatic heterocycles. The molecule has 4 N–H and O–H groups in total. The Bertz CT molecular complexity index is 1280. The molecule has 0 spiro atoms. The van der Waals surface area contributed by atoms with E-state index in [2.05, 4.69) is 20.8 Å². The molecule has 0 saturated carbocycles. The highest BCUT2D eigenvalue weighted by Gasteiger charge is 2.54. The third-order valence-corrected chi connectivity index (χ3v) is 9.24. The van der Waals surface area contributed by atoms with Crippen LogP contribution < -0.4 is 16.4 Å². The average molecular weight is 625 g/mol. The summed E-state index contributed by atoms with van der Waals surface area (Å²) in [7, 11) is 1.29. The van der Waals surface area contributed by atoms with Crippen molar-refractivity contribution < 1.29 is 33.5 Å². The Morgan fingerprint density at radius 1 is 1.34 bits per heavy atom. The van der Waals surface area contributed by atoms with Gasteiger partial charge in [0, 0.05) is 22.9 Å². The number of esters is 2. The lowest BCUT2D eigenvalue weighted by atomic mass is 9.98. The van der Waals surface area contributed by atoms with E-state index in [1.54, 1.807) is 44.0 Å². The van der Waals surface area contributed by atoms with Crippen LogP contribution in [0.15, 0.2) is 33.3 Å². The van der Waals surface area contributed by atoms with Crippen molar-refractivity contribution in [1.82, 2.24) is 20.5 Å². The van der Waals surface area contributed by atoms with Crippen molar-refractivity contribution >= 4 is 69.5 Å². The summed E-state index contributed by atoms with van der Waals surface area (Å²) < 4.78 is 10.4. The van der Waals surface area contributed by atoms with E-state index in [0.29, 0.717) is 16.6 Å². The first-order chi connectivity index (χ1) is 19.5. The Hall–Kier alpha value is -3.08. The summed E-state index contributed by atoms with van der Waals surface area (Å²) in [6.45, 7) is 6.31. The van der Waals surface area contributed by atoms with Gasteiger partial charge in [0.1, 0.15) is 29.9 Å². The number of anilines is 1. The van der Waals surface area contributed by atoms with E-state index in [4.69, 9.17) is 20.0 Å². The van der Waals surface area contributed by atoms with Crippen LogP contribution in [0.1, 0.15) is 32.9 Å². The number of hydrogen-bond donors (Lipinski definition) is 3. The number of oxime groups is 1. The summed E-state index contributed by atoms with van der Waals surface area (Å²) in [6, 6.07) is -0.934. The summed E-state index contributed by atoms with van der Waals surface area (Å²) in [4.78, 5) is 61.9. The Balaban J connectivity index is 1.50. The number of nitrogens with two attached hydrogens (primary N) is 1. The molecule has 1 aromatic heterocycles. The standard InChI is InChI=1S/C25H32N6O7S3/c1-25(2,3)23(35)38-12-37-22(34)18-13(6-8-39-14-5-7-27-9-14)10-40-21-17(20(33)31(18)21)29-19(32)16(30-36-4)15-11-41-24(26)28-15/h6,8,11,14,17,21,27H,5,7,9-10,12H2,1-4H3,(H2,26,28)(H,29,32)/b8-6+,30-16?/t14-,17+,21+/m0/s1. The minimum Gasteiger partial charge on any atom is -0.427 e. The van der Waals surface area contributed by atoms with Crippen molar-refractivity contribution in [2.45, 2.75) is 43.9 Å². The number of carbonyl (C=O) groups is 4. The molecule has 16 heteroatoms. The van der Waals surface area contributed by atoms with Crippen molar-refractivity contribution in [3.63, 3.8) is 0 Å². The third-order valence-electron chi connectivity index (χ3n) is 6.19. The van der Waals surface area contributed by atoms with Gasteiger partial charge in [0.25, 0.3) is 11.8 Å². The fourth-order valence-electron chi connectivity index (χ4n) is 4.06. The molecule has 0 aliphatic carbocycles. The fourth-order valence-corrected chi connectivity index (χ4v) is 6.86. The summed E-state index contributed by atoms with van der Waals surface area (Å²) in [5.41, 5.74) is 5.64. The second-order valence-corrected chi connectivity index (χ2v) is 13.4. The predicted octanol–water partition coefficient (Wildman–Crippen LogP) is 1.43. The van der Waals surface area contributed by atoms with E-state index in [-0.39, 0.29) is 22.2 Å². The minimum atomic E-state index is -0.934. The molecular formula is C25H32N6O7S3. The van der Waals surface area contributed by atoms with Gasteiger partial charge < -0.3 is 30.7 Å². The van der Waals surface area contributed by atoms with Gasteiger partial charge in [-0.3, -0.25) is 19.3 Å². The van der Waals surface area contributed by atoms with Gasteiger partial charge in [0.15, 0.2) is 10.8 Å². The maximum atomic E-state index is 13.3. The van der Waals surface area contributed by atoms with Crippen LogP contribution in [0.25, 0.3) is 0 Å². The van der Waals surface area contributed by atoms with Gasteiger partial charge in [-0.05, 0) is 50.8 Å². The number of amides is 2. The number of carbonyl (C=O) groups excluding carboxylic acids is 4. The number of nitrogens with one attached hydrogen (secondary N) is 2. The van der Waals surface area contributed by atoms with Crippen molar-refractivity contribution in [3.05, 3.63) is 33.8 Å². The van der Waals surface area contributed by atoms with Crippen molar-refractivity contribution in [3.8, 4) is 0 Å². The molecule has 3 aliphatic rings. The van der Waals surface area contributed by atoms with Gasteiger partial charge >= 0.3 is 11.9 Å². The Labute approximate surface area is 249 Å². The third kappa shape index (κ3) is 7.23. The van der Waals surface area contributed by atoms with Crippen LogP contribution in [-0.4, -0.2) is 88.8 Å². The van der Waals surface area contributed by atoms with Crippen LogP contribution in [0.3, 0.4) is 0 Å². The van der Waals surface area contributed by atoms with E-state index >= 15 is 0 Å². The van der Waals surface area contributed by atoms with Gasteiger partial charge in [-0.1, -0.05) is 5.16 Å². The quantitative estimate of drug-likeness (QED) is 0.112. The largest absolute Gasteiger partial charge is 0.427 e. The maximum Gasteiger partial charge on any atom is 0.358 e. The van der Waals surface area contributed by atoms with E-state index in [1.165, 1.54) is 23.8 Å². The number of thioether (sulfide) groups is 2. The number of aromatic nitrogens is 1. The molecule has 41 heavy (non-hydrogen) atoms. The molecule has 2 saturated heterocycles. The molecule has 2 amide bonds. The Kier molecular flexibility index (Phi) is 9.99. The number of nitrogen functional groups attached to an aromatic ring is 1. The second-order valence-electron chi connectivity index (χ2n) is 10.2. The zero-order valence-corrected chi connectivity index (χ0v) is 25.5. The minimum absolute atomic E-state index is 0.0514. The average Bonchev–Trinajstić information content (AvgIpc) is 3.61. The van der Waals surface area contributed by atoms with Gasteiger partial charge in [-0.2, -0.15) is 0 Å². The molecule has 4 heterocycles. The smallest absolute Gasteiger partial charge is 0.358 e. The lowest BCUT2D eigenvalue weighted by Crippen LogP contribution is -2.71. The molecule has 3 atom stereocenters. The number of hydrogen-bond acceptors (Lipinski definition) is 14. The number of thiazole rings is 1. The summed E-state index contributed by atoms with van der Waals surface area (Å²) in [6.07, 6.45) is 2.84. The first-order valence-corrected chi connectivity index (χ1v) is 15.6. The topological polar surface area (TPSA) is 175 Å². The van der Waals surface area contributed by atoms with Crippen LogP contribution in [0.2, 0.25) is 0 Å². The number of fused-ring (bicyclic) bond motifs is 1. The van der Waals surface area contributed by atoms with E-state index < -0.39 is 47.4 Å². The number of nitrogens with zero attached hydrogens (tertiary/aromatic N) is 3. The molecular weight excluding hydrogens is 593 g/mol. The monoisotopic (exact) mass is 624 g/mol. The highest BCUT2D eigenvalue weighted by Crippen LogP contribution is 2.41. The van der Waals surface area contributed by atoms with Crippen molar-refractivity contribution in [2.75, 3.05) is 38.5 Å². The molecule has 0 bridgehead atoms. The van der Waals surface area contributed by atoms with Crippen molar-refractivity contribution in [1.29, 1.82) is 0 Å². The zero-order valence-electron chi connectivity index (χ0n) is 23.0. The van der Waals surface area contributed by atoms with Crippen molar-refractivity contribution in [2.24, 2.45) is 10.6 Å². The molecule has 13 nitrogen and oxygen atoms in total. The first-order valence-electron chi connectivity index (χ1n) is 12.7. The summed E-state index contributed by atoms with van der Waals surface area (Å²) >= 11 is 4.17. The summed E-state index contributed by atoms with van der Waals surface area (Å²) in [5, 5.41) is 13.3. The SMILES string of the molecule is CON=C(C(=O)N[C@@H]1C(=O)N2C(C(=O)OCOC(=O)C(C)(C)C)=C(/C=C/S[C@H]3CCNC3)CS[C@H]12)c1csc(N)n1. The van der Waals surface area contributed by atoms with Crippen LogP contribution in [-0.2, 0) is 33.5 Å². The molecule has 0 radical (unpaired) electrons. The van der Waals surface area contributed by atoms with E-state index in [0.717, 1.165) is 30.8 Å². The second kappa shape index (κ2) is 13.3. The van der Waals surface area contributed by atoms with E-state index in [1.807, 2.05) is 5.41 Å². The molecule has 222 valence electrons. The predicted molar refractivity (Wildman–Crippen MR) is 157 cm³/mol. The fraction of sp³-hybridized carbons (Fsp3) is 0.520. The number of rotatable bonds is 10. The number of ether oxygens (including phenoxy) is 2. The maximum absolute atomic E-state index is 13.3. The van der Waals surface area contributed by atoms with E-state index in [9.17, 15) is 19.2 Å². The van der Waals surface area contributed by atoms with Gasteiger partial charge in [-0.15, -0.1) is 34.9 Å². The number of β-lactam (4-membered cyclic amide) rings is 1. The molecule has 4 rings (SSSR count). The molecule has 1 aromatic rings. The van der Waals surface area contributed by atoms with Crippen LogP contribution in [0.4, 0.5) is 5.13 Å². The Morgan fingerprint density at radius 2 is 2.12 bits per heavy atom. The number of allylic oxidation sites excluding steroid dienone is 1. The highest BCUT2D eigenvalue weighted by atomic mass is 32.2. The molecule has 0 aromatic carbocycles. The lowest BCUT2D eigenvalue weighted by Gasteiger charge is -2.49. The first kappa shape index (κ1) is 30.9. The normalized spacial score (nSPS) is 22.8. The van der Waals surface area contributed by atoms with Gasteiger partial charge in [0.05, 0.1) is 5.41 Å². The van der Waals surface area contributed by atoms with Crippen LogP contribution in [0.5, 0.6) is 0 Å². The van der Waals surface area contributed by atoms with Crippen LogP contribution >= 0.6 is 34.9 Å². The zero-order chi connectivity index (χ0) is 29.7. The van der Waals surface area contributed by atoms with Crippen LogP contribution in [0, 0.1) is 5.41 Å². The summed E-state index contributed by atoms with van der Waals surface area (Å²) in [5.74, 6) is -2.13. The van der Waals surface area contributed by atoms with Gasteiger partial charge in [-0.25, -0.2) is 9.78 Å². The lowest BCUT2D eigenvalue weighted by molar-refractivity contribution is -0.173. The molecule has 0 unspecified atom stereocenters. The highest BCUT2D eigenvalue weighted by molar-refractivity contribution is 8.02. The Morgan fingerprint density at radius 3 is 2.76 bits per heavy atom. The molecule has 2 fully saturated rings. The van der Waals surface area contributed by atoms with Gasteiger partial charge in [0.2, 0.25) is 6.79 Å².